The Bertz CT molecular complexity index is 862. The standard InChI is InChI=1S/C20H21N3OS2/c24-19(16-13-25-20(23-16)14-7-2-1-3-8-14)21-12-6-11-18-22-15-9-4-5-10-17(15)26-18/h1-3,7-8,13H,4-6,9-12H2,(H,21,24). The predicted molar refractivity (Wildman–Crippen MR) is 107 cm³/mol. The number of carbonyl (C=O) groups is 1. The number of carbonyl (C=O) groups excluding carboxylic acids is 1. The Balaban J connectivity index is 1.26. The van der Waals surface area contributed by atoms with Crippen molar-refractivity contribution in [3.63, 3.8) is 0 Å². The average molecular weight is 384 g/mol. The zero-order chi connectivity index (χ0) is 17.8. The van der Waals surface area contributed by atoms with Crippen molar-refractivity contribution < 1.29 is 4.79 Å². The van der Waals surface area contributed by atoms with E-state index >= 15 is 0 Å². The third kappa shape index (κ3) is 4.02. The van der Waals surface area contributed by atoms with E-state index in [2.05, 4.69) is 10.3 Å². The molecule has 0 spiro atoms. The van der Waals surface area contributed by atoms with Crippen molar-refractivity contribution in [2.75, 3.05) is 6.54 Å². The fourth-order valence-electron chi connectivity index (χ4n) is 3.14. The highest BCUT2D eigenvalue weighted by molar-refractivity contribution is 7.13. The SMILES string of the molecule is O=C(NCCCc1nc2c(s1)CCCC2)c1csc(-c2ccccc2)n1. The van der Waals surface area contributed by atoms with E-state index in [1.807, 2.05) is 47.0 Å². The first-order valence-electron chi connectivity index (χ1n) is 9.06. The van der Waals surface area contributed by atoms with Gasteiger partial charge in [0.2, 0.25) is 0 Å². The lowest BCUT2D eigenvalue weighted by atomic mass is 10.0. The Morgan fingerprint density at radius 1 is 1.12 bits per heavy atom. The molecule has 1 aliphatic carbocycles. The van der Waals surface area contributed by atoms with E-state index in [9.17, 15) is 4.79 Å². The first-order valence-corrected chi connectivity index (χ1v) is 10.8. The first-order chi connectivity index (χ1) is 12.8. The van der Waals surface area contributed by atoms with Gasteiger partial charge in [0.1, 0.15) is 10.7 Å². The van der Waals surface area contributed by atoms with Crippen LogP contribution < -0.4 is 5.32 Å². The number of rotatable bonds is 6. The molecule has 1 amide bonds. The van der Waals surface area contributed by atoms with E-state index in [-0.39, 0.29) is 5.91 Å². The minimum Gasteiger partial charge on any atom is -0.351 e. The summed E-state index contributed by atoms with van der Waals surface area (Å²) >= 11 is 3.36. The summed E-state index contributed by atoms with van der Waals surface area (Å²) < 4.78 is 0. The van der Waals surface area contributed by atoms with Crippen molar-refractivity contribution in [3.8, 4) is 10.6 Å². The summed E-state index contributed by atoms with van der Waals surface area (Å²) in [5, 5.41) is 6.90. The summed E-state index contributed by atoms with van der Waals surface area (Å²) in [5.74, 6) is -0.0955. The van der Waals surface area contributed by atoms with Gasteiger partial charge >= 0.3 is 0 Å². The Morgan fingerprint density at radius 3 is 2.81 bits per heavy atom. The molecule has 0 saturated heterocycles. The minimum absolute atomic E-state index is 0.0955. The number of hydrogen-bond donors (Lipinski definition) is 1. The first kappa shape index (κ1) is 17.4. The summed E-state index contributed by atoms with van der Waals surface area (Å²) in [5.41, 5.74) is 2.86. The van der Waals surface area contributed by atoms with Crippen molar-refractivity contribution in [2.45, 2.75) is 38.5 Å². The summed E-state index contributed by atoms with van der Waals surface area (Å²) in [6, 6.07) is 9.95. The van der Waals surface area contributed by atoms with Gasteiger partial charge in [0.05, 0.1) is 10.7 Å². The van der Waals surface area contributed by atoms with Gasteiger partial charge in [-0.3, -0.25) is 4.79 Å². The number of hydrogen-bond acceptors (Lipinski definition) is 5. The number of benzene rings is 1. The Labute approximate surface area is 161 Å². The maximum Gasteiger partial charge on any atom is 0.270 e. The summed E-state index contributed by atoms with van der Waals surface area (Å²) in [7, 11) is 0. The van der Waals surface area contributed by atoms with Crippen LogP contribution in [0.1, 0.15) is 45.3 Å². The molecule has 26 heavy (non-hydrogen) atoms. The molecule has 2 heterocycles. The van der Waals surface area contributed by atoms with Crippen LogP contribution in [0.2, 0.25) is 0 Å². The molecule has 1 aliphatic rings. The summed E-state index contributed by atoms with van der Waals surface area (Å²) in [4.78, 5) is 23.0. The van der Waals surface area contributed by atoms with Crippen LogP contribution in [0.4, 0.5) is 0 Å². The van der Waals surface area contributed by atoms with Crippen molar-refractivity contribution in [3.05, 3.63) is 57.0 Å². The lowest BCUT2D eigenvalue weighted by molar-refractivity contribution is 0.0949. The highest BCUT2D eigenvalue weighted by Gasteiger charge is 2.15. The van der Waals surface area contributed by atoms with Gasteiger partial charge in [0.25, 0.3) is 5.91 Å². The van der Waals surface area contributed by atoms with Crippen LogP contribution in [0.5, 0.6) is 0 Å². The van der Waals surface area contributed by atoms with Crippen LogP contribution in [-0.2, 0) is 19.3 Å². The van der Waals surface area contributed by atoms with Crippen LogP contribution in [0.15, 0.2) is 35.7 Å². The number of aryl methyl sites for hydroxylation is 3. The molecule has 3 aromatic rings. The fraction of sp³-hybridized carbons (Fsp3) is 0.350. The average Bonchev–Trinajstić information content (AvgIpc) is 3.32. The van der Waals surface area contributed by atoms with Crippen molar-refractivity contribution in [2.24, 2.45) is 0 Å². The molecule has 0 atom stereocenters. The number of amides is 1. The molecular formula is C20H21N3OS2. The lowest BCUT2D eigenvalue weighted by Gasteiger charge is -2.06. The van der Waals surface area contributed by atoms with Gasteiger partial charge in [-0.25, -0.2) is 9.97 Å². The van der Waals surface area contributed by atoms with Crippen LogP contribution in [-0.4, -0.2) is 22.4 Å². The molecule has 134 valence electrons. The lowest BCUT2D eigenvalue weighted by Crippen LogP contribution is -2.25. The monoisotopic (exact) mass is 383 g/mol. The molecule has 6 heteroatoms. The second-order valence-corrected chi connectivity index (χ2v) is 8.47. The Hall–Kier alpha value is -2.05. The fourth-order valence-corrected chi connectivity index (χ4v) is 5.14. The van der Waals surface area contributed by atoms with Gasteiger partial charge < -0.3 is 5.32 Å². The highest BCUT2D eigenvalue weighted by Crippen LogP contribution is 2.27. The molecule has 0 bridgehead atoms. The molecule has 4 nitrogen and oxygen atoms in total. The second-order valence-electron chi connectivity index (χ2n) is 6.45. The van der Waals surface area contributed by atoms with Crippen molar-refractivity contribution >= 4 is 28.6 Å². The summed E-state index contributed by atoms with van der Waals surface area (Å²) in [6.07, 6.45) is 6.74. The number of nitrogens with zero attached hydrogens (tertiary/aromatic N) is 2. The van der Waals surface area contributed by atoms with Crippen LogP contribution in [0.25, 0.3) is 10.6 Å². The number of fused-ring (bicyclic) bond motifs is 1. The van der Waals surface area contributed by atoms with Crippen LogP contribution in [0, 0.1) is 0 Å². The van der Waals surface area contributed by atoms with E-state index in [0.717, 1.165) is 29.8 Å². The molecule has 0 saturated carbocycles. The molecule has 0 fully saturated rings. The third-order valence-corrected chi connectivity index (χ3v) is 6.61. The second kappa shape index (κ2) is 8.10. The van der Waals surface area contributed by atoms with Crippen LogP contribution >= 0.6 is 22.7 Å². The van der Waals surface area contributed by atoms with E-state index < -0.39 is 0 Å². The molecule has 0 aliphatic heterocycles. The van der Waals surface area contributed by atoms with Gasteiger partial charge in [0, 0.05) is 28.8 Å². The Kier molecular flexibility index (Phi) is 5.41. The van der Waals surface area contributed by atoms with E-state index in [0.29, 0.717) is 12.2 Å². The summed E-state index contributed by atoms with van der Waals surface area (Å²) in [6.45, 7) is 0.654. The predicted octanol–water partition coefficient (Wildman–Crippen LogP) is 4.51. The largest absolute Gasteiger partial charge is 0.351 e. The van der Waals surface area contributed by atoms with Crippen molar-refractivity contribution in [1.29, 1.82) is 0 Å². The quantitative estimate of drug-likeness (QED) is 0.637. The molecule has 0 unspecified atom stereocenters. The smallest absolute Gasteiger partial charge is 0.270 e. The molecule has 4 rings (SSSR count). The zero-order valence-corrected chi connectivity index (χ0v) is 16.2. The molecular weight excluding hydrogens is 362 g/mol. The number of nitrogens with one attached hydrogen (secondary N) is 1. The van der Waals surface area contributed by atoms with Gasteiger partial charge in [-0.15, -0.1) is 22.7 Å². The molecule has 1 N–H and O–H groups in total. The topological polar surface area (TPSA) is 54.9 Å². The zero-order valence-electron chi connectivity index (χ0n) is 14.5. The highest BCUT2D eigenvalue weighted by atomic mass is 32.1. The van der Waals surface area contributed by atoms with Gasteiger partial charge in [-0.05, 0) is 32.1 Å². The van der Waals surface area contributed by atoms with Gasteiger partial charge in [-0.1, -0.05) is 30.3 Å². The van der Waals surface area contributed by atoms with E-state index in [4.69, 9.17) is 4.98 Å². The minimum atomic E-state index is -0.0955. The maximum atomic E-state index is 12.3. The van der Waals surface area contributed by atoms with Gasteiger partial charge in [0.15, 0.2) is 0 Å². The van der Waals surface area contributed by atoms with Gasteiger partial charge in [-0.2, -0.15) is 0 Å². The third-order valence-electron chi connectivity index (χ3n) is 4.50. The normalized spacial score (nSPS) is 13.4. The molecule has 2 aromatic heterocycles. The van der Waals surface area contributed by atoms with Crippen molar-refractivity contribution in [1.82, 2.24) is 15.3 Å². The Morgan fingerprint density at radius 2 is 1.96 bits per heavy atom. The number of thiazole rings is 2. The molecule has 1 aromatic carbocycles. The van der Waals surface area contributed by atoms with E-state index in [1.54, 1.807) is 0 Å². The molecule has 0 radical (unpaired) electrons. The van der Waals surface area contributed by atoms with Crippen LogP contribution in [0.3, 0.4) is 0 Å². The maximum absolute atomic E-state index is 12.3. The van der Waals surface area contributed by atoms with E-state index in [1.165, 1.54) is 46.2 Å². The number of aromatic nitrogens is 2.